The summed E-state index contributed by atoms with van der Waals surface area (Å²) in [5.74, 6) is -0.432. The van der Waals surface area contributed by atoms with Crippen molar-refractivity contribution in [3.05, 3.63) is 59.7 Å². The van der Waals surface area contributed by atoms with Gasteiger partial charge in [0.05, 0.1) is 16.5 Å². The van der Waals surface area contributed by atoms with Gasteiger partial charge in [0.15, 0.2) is 0 Å². The minimum atomic E-state index is -3.66. The van der Waals surface area contributed by atoms with Crippen molar-refractivity contribution in [3.8, 4) is 6.07 Å². The van der Waals surface area contributed by atoms with Crippen LogP contribution in [0.1, 0.15) is 41.6 Å². The van der Waals surface area contributed by atoms with Crippen LogP contribution in [-0.4, -0.2) is 20.4 Å². The number of anilines is 1. The standard InChI is InChI=1S/C19H19N3O3S/c20-13-14-5-3-9-17(11-14)21-19(23)15-6-4-10-18(12-15)26(24,25)22-16-7-1-2-8-16/h3-6,9-12,16,22H,1-2,7-8H2,(H,21,23). The summed E-state index contributed by atoms with van der Waals surface area (Å²) in [4.78, 5) is 12.5. The molecule has 6 nitrogen and oxygen atoms in total. The summed E-state index contributed by atoms with van der Waals surface area (Å²) in [6.45, 7) is 0. The number of rotatable bonds is 5. The van der Waals surface area contributed by atoms with Crippen molar-refractivity contribution >= 4 is 21.6 Å². The molecule has 1 saturated carbocycles. The number of benzene rings is 2. The molecule has 0 saturated heterocycles. The van der Waals surface area contributed by atoms with Crippen molar-refractivity contribution in [1.82, 2.24) is 4.72 Å². The molecule has 0 aromatic heterocycles. The second-order valence-electron chi connectivity index (χ2n) is 6.28. The van der Waals surface area contributed by atoms with Crippen LogP contribution in [0.15, 0.2) is 53.4 Å². The highest BCUT2D eigenvalue weighted by Crippen LogP contribution is 2.21. The van der Waals surface area contributed by atoms with E-state index in [0.29, 0.717) is 11.3 Å². The minimum Gasteiger partial charge on any atom is -0.322 e. The third-order valence-corrected chi connectivity index (χ3v) is 5.85. The van der Waals surface area contributed by atoms with Gasteiger partial charge in [-0.15, -0.1) is 0 Å². The molecule has 3 rings (SSSR count). The molecule has 0 heterocycles. The van der Waals surface area contributed by atoms with E-state index in [0.717, 1.165) is 25.7 Å². The summed E-state index contributed by atoms with van der Waals surface area (Å²) in [7, 11) is -3.66. The second-order valence-corrected chi connectivity index (χ2v) is 7.99. The number of carbonyl (C=O) groups is 1. The van der Waals surface area contributed by atoms with Gasteiger partial charge in [0.1, 0.15) is 0 Å². The van der Waals surface area contributed by atoms with Crippen LogP contribution < -0.4 is 10.0 Å². The van der Waals surface area contributed by atoms with E-state index in [1.807, 2.05) is 6.07 Å². The molecule has 0 unspecified atom stereocenters. The van der Waals surface area contributed by atoms with Gasteiger partial charge in [-0.2, -0.15) is 5.26 Å². The van der Waals surface area contributed by atoms with Gasteiger partial charge in [-0.05, 0) is 49.2 Å². The lowest BCUT2D eigenvalue weighted by Gasteiger charge is -2.13. The molecule has 2 N–H and O–H groups in total. The highest BCUT2D eigenvalue weighted by atomic mass is 32.2. The molecule has 1 fully saturated rings. The van der Waals surface area contributed by atoms with Crippen molar-refractivity contribution in [2.45, 2.75) is 36.6 Å². The van der Waals surface area contributed by atoms with Crippen molar-refractivity contribution in [3.63, 3.8) is 0 Å². The van der Waals surface area contributed by atoms with Crippen LogP contribution in [0, 0.1) is 11.3 Å². The number of carbonyl (C=O) groups excluding carboxylic acids is 1. The van der Waals surface area contributed by atoms with Gasteiger partial charge >= 0.3 is 0 Å². The molecule has 1 aliphatic rings. The van der Waals surface area contributed by atoms with Gasteiger partial charge in [0.25, 0.3) is 5.91 Å². The highest BCUT2D eigenvalue weighted by Gasteiger charge is 2.23. The quantitative estimate of drug-likeness (QED) is 0.846. The number of sulfonamides is 1. The van der Waals surface area contributed by atoms with E-state index < -0.39 is 15.9 Å². The molecule has 2 aromatic rings. The first kappa shape index (κ1) is 18.1. The Bertz CT molecular complexity index is 958. The number of amides is 1. The zero-order chi connectivity index (χ0) is 18.6. The van der Waals surface area contributed by atoms with Crippen LogP contribution >= 0.6 is 0 Å². The topological polar surface area (TPSA) is 99.1 Å². The molecular weight excluding hydrogens is 350 g/mol. The van der Waals surface area contributed by atoms with Gasteiger partial charge < -0.3 is 5.32 Å². The van der Waals surface area contributed by atoms with Gasteiger partial charge in [0, 0.05) is 17.3 Å². The predicted molar refractivity (Wildman–Crippen MR) is 98.1 cm³/mol. The van der Waals surface area contributed by atoms with Crippen LogP contribution in [0.4, 0.5) is 5.69 Å². The van der Waals surface area contributed by atoms with E-state index in [1.165, 1.54) is 12.1 Å². The minimum absolute atomic E-state index is 0.0359. The molecule has 0 spiro atoms. The molecular formula is C19H19N3O3S. The maximum atomic E-state index is 12.5. The number of nitrogens with zero attached hydrogens (tertiary/aromatic N) is 1. The third-order valence-electron chi connectivity index (χ3n) is 4.33. The summed E-state index contributed by atoms with van der Waals surface area (Å²) >= 11 is 0. The Morgan fingerprint density at radius 2 is 1.81 bits per heavy atom. The van der Waals surface area contributed by atoms with Crippen LogP contribution in [0.2, 0.25) is 0 Å². The van der Waals surface area contributed by atoms with Crippen LogP contribution in [-0.2, 0) is 10.0 Å². The zero-order valence-electron chi connectivity index (χ0n) is 14.1. The molecule has 0 aliphatic heterocycles. The lowest BCUT2D eigenvalue weighted by atomic mass is 10.2. The van der Waals surface area contributed by atoms with E-state index in [1.54, 1.807) is 36.4 Å². The molecule has 0 atom stereocenters. The summed E-state index contributed by atoms with van der Waals surface area (Å²) in [5.41, 5.74) is 1.15. The molecule has 0 bridgehead atoms. The Morgan fingerprint density at radius 1 is 1.08 bits per heavy atom. The molecule has 134 valence electrons. The van der Waals surface area contributed by atoms with E-state index in [9.17, 15) is 13.2 Å². The third kappa shape index (κ3) is 4.28. The first-order valence-electron chi connectivity index (χ1n) is 8.42. The molecule has 0 radical (unpaired) electrons. The monoisotopic (exact) mass is 369 g/mol. The maximum absolute atomic E-state index is 12.5. The summed E-state index contributed by atoms with van der Waals surface area (Å²) in [6, 6.07) is 14.4. The van der Waals surface area contributed by atoms with Crippen LogP contribution in [0.3, 0.4) is 0 Å². The Kier molecular flexibility index (Phi) is 5.35. The first-order valence-corrected chi connectivity index (χ1v) is 9.90. The molecule has 1 aliphatic carbocycles. The Morgan fingerprint density at radius 3 is 2.54 bits per heavy atom. The highest BCUT2D eigenvalue weighted by molar-refractivity contribution is 7.89. The summed E-state index contributed by atoms with van der Waals surface area (Å²) < 4.78 is 27.8. The second kappa shape index (κ2) is 7.68. The van der Waals surface area contributed by atoms with Gasteiger partial charge in [-0.25, -0.2) is 13.1 Å². The van der Waals surface area contributed by atoms with Crippen molar-refractivity contribution in [2.24, 2.45) is 0 Å². The molecule has 2 aromatic carbocycles. The van der Waals surface area contributed by atoms with Crippen molar-refractivity contribution < 1.29 is 13.2 Å². The van der Waals surface area contributed by atoms with E-state index in [4.69, 9.17) is 5.26 Å². The fourth-order valence-electron chi connectivity index (χ4n) is 3.01. The number of nitrogens with one attached hydrogen (secondary N) is 2. The number of nitriles is 1. The van der Waals surface area contributed by atoms with Gasteiger partial charge in [0.2, 0.25) is 10.0 Å². The Hall–Kier alpha value is -2.69. The average molecular weight is 369 g/mol. The fourth-order valence-corrected chi connectivity index (χ4v) is 4.36. The molecule has 26 heavy (non-hydrogen) atoms. The average Bonchev–Trinajstić information content (AvgIpc) is 3.14. The maximum Gasteiger partial charge on any atom is 0.255 e. The van der Waals surface area contributed by atoms with E-state index in [-0.39, 0.29) is 16.5 Å². The number of hydrogen-bond donors (Lipinski definition) is 2. The van der Waals surface area contributed by atoms with Gasteiger partial charge in [-0.3, -0.25) is 4.79 Å². The Labute approximate surface area is 152 Å². The van der Waals surface area contributed by atoms with E-state index in [2.05, 4.69) is 10.0 Å². The first-order chi connectivity index (χ1) is 12.5. The van der Waals surface area contributed by atoms with Crippen molar-refractivity contribution in [2.75, 3.05) is 5.32 Å². The van der Waals surface area contributed by atoms with Crippen LogP contribution in [0.25, 0.3) is 0 Å². The fraction of sp³-hybridized carbons (Fsp3) is 0.263. The normalized spacial score (nSPS) is 14.7. The van der Waals surface area contributed by atoms with E-state index >= 15 is 0 Å². The SMILES string of the molecule is N#Cc1cccc(NC(=O)c2cccc(S(=O)(=O)NC3CCCC3)c2)c1. The van der Waals surface area contributed by atoms with Crippen molar-refractivity contribution in [1.29, 1.82) is 5.26 Å². The number of hydrogen-bond acceptors (Lipinski definition) is 4. The van der Waals surface area contributed by atoms with Crippen LogP contribution in [0.5, 0.6) is 0 Å². The summed E-state index contributed by atoms with van der Waals surface area (Å²) in [6.07, 6.45) is 3.73. The molecule has 1 amide bonds. The molecule has 7 heteroatoms. The smallest absolute Gasteiger partial charge is 0.255 e. The predicted octanol–water partition coefficient (Wildman–Crippen LogP) is 3.03. The summed E-state index contributed by atoms with van der Waals surface area (Å²) in [5, 5.41) is 11.6. The van der Waals surface area contributed by atoms with Gasteiger partial charge in [-0.1, -0.05) is 25.0 Å². The Balaban J connectivity index is 1.77. The largest absolute Gasteiger partial charge is 0.322 e. The zero-order valence-corrected chi connectivity index (χ0v) is 14.9. The lowest BCUT2D eigenvalue weighted by molar-refractivity contribution is 0.102. The lowest BCUT2D eigenvalue weighted by Crippen LogP contribution is -2.32.